The van der Waals surface area contributed by atoms with Gasteiger partial charge in [0.05, 0.1) is 27.5 Å². The Labute approximate surface area is 123 Å². The lowest BCUT2D eigenvalue weighted by molar-refractivity contribution is 0.325. The van der Waals surface area contributed by atoms with E-state index in [1.54, 1.807) is 26.0 Å². The van der Waals surface area contributed by atoms with Crippen LogP contribution < -0.4 is 19.9 Å². The van der Waals surface area contributed by atoms with Gasteiger partial charge in [0.25, 0.3) is 0 Å². The van der Waals surface area contributed by atoms with Crippen molar-refractivity contribution in [2.24, 2.45) is 5.73 Å². The predicted octanol–water partition coefficient (Wildman–Crippen LogP) is 1.32. The Morgan fingerprint density at radius 3 is 2.48 bits per heavy atom. The fourth-order valence-corrected chi connectivity index (χ4v) is 2.09. The van der Waals surface area contributed by atoms with Crippen molar-refractivity contribution in [2.75, 3.05) is 27.9 Å². The van der Waals surface area contributed by atoms with Crippen LogP contribution in [0.2, 0.25) is 0 Å². The molecule has 7 nitrogen and oxygen atoms in total. The highest BCUT2D eigenvalue weighted by Crippen LogP contribution is 2.43. The molecule has 2 aromatic rings. The van der Waals surface area contributed by atoms with Gasteiger partial charge in [-0.05, 0) is 25.1 Å². The van der Waals surface area contributed by atoms with Crippen LogP contribution in [-0.2, 0) is 6.54 Å². The van der Waals surface area contributed by atoms with Gasteiger partial charge in [0.15, 0.2) is 11.5 Å². The fourth-order valence-electron chi connectivity index (χ4n) is 2.09. The van der Waals surface area contributed by atoms with Crippen molar-refractivity contribution < 1.29 is 14.2 Å². The highest BCUT2D eigenvalue weighted by atomic mass is 16.5. The number of aryl methyl sites for hydroxylation is 1. The van der Waals surface area contributed by atoms with Gasteiger partial charge in [0, 0.05) is 12.1 Å². The van der Waals surface area contributed by atoms with Gasteiger partial charge in [0.2, 0.25) is 5.75 Å². The Balaban J connectivity index is 2.41. The molecule has 0 unspecified atom stereocenters. The van der Waals surface area contributed by atoms with Gasteiger partial charge in [-0.25, -0.2) is 0 Å². The summed E-state index contributed by atoms with van der Waals surface area (Å²) in [4.78, 5) is 0. The number of rotatable bonds is 7. The Kier molecular flexibility index (Phi) is 4.99. The zero-order valence-corrected chi connectivity index (χ0v) is 12.5. The molecule has 0 fully saturated rings. The molecule has 0 radical (unpaired) electrons. The zero-order chi connectivity index (χ0) is 15.2. The topological polar surface area (TPSA) is 84.4 Å². The second-order valence-corrected chi connectivity index (χ2v) is 4.39. The number of benzene rings is 1. The van der Waals surface area contributed by atoms with Crippen LogP contribution in [0.25, 0.3) is 11.3 Å². The largest absolute Gasteiger partial charge is 0.493 e. The van der Waals surface area contributed by atoms with E-state index in [1.165, 1.54) is 0 Å². The van der Waals surface area contributed by atoms with Gasteiger partial charge < -0.3 is 19.9 Å². The van der Waals surface area contributed by atoms with Crippen molar-refractivity contribution in [3.63, 3.8) is 0 Å². The van der Waals surface area contributed by atoms with Gasteiger partial charge in [-0.1, -0.05) is 5.21 Å². The molecule has 0 saturated heterocycles. The molecule has 1 aromatic carbocycles. The minimum atomic E-state index is 0.536. The van der Waals surface area contributed by atoms with E-state index in [0.717, 1.165) is 18.5 Å². The van der Waals surface area contributed by atoms with Crippen LogP contribution in [0, 0.1) is 0 Å². The molecule has 21 heavy (non-hydrogen) atoms. The summed E-state index contributed by atoms with van der Waals surface area (Å²) in [6.07, 6.45) is 2.71. The van der Waals surface area contributed by atoms with Crippen LogP contribution in [0.3, 0.4) is 0 Å². The minimum absolute atomic E-state index is 0.536. The van der Waals surface area contributed by atoms with Gasteiger partial charge in [-0.15, -0.1) is 5.10 Å². The monoisotopic (exact) mass is 292 g/mol. The molecule has 1 aromatic heterocycles. The summed E-state index contributed by atoms with van der Waals surface area (Å²) in [5, 5.41) is 8.26. The Bertz CT molecular complexity index is 598. The Morgan fingerprint density at radius 1 is 1.10 bits per heavy atom. The molecule has 7 heteroatoms. The molecule has 2 rings (SSSR count). The average molecular weight is 292 g/mol. The normalized spacial score (nSPS) is 10.5. The third kappa shape index (κ3) is 3.08. The number of ether oxygens (including phenoxy) is 3. The lowest BCUT2D eigenvalue weighted by atomic mass is 10.1. The van der Waals surface area contributed by atoms with E-state index in [2.05, 4.69) is 10.3 Å². The number of hydrogen-bond acceptors (Lipinski definition) is 6. The van der Waals surface area contributed by atoms with E-state index >= 15 is 0 Å². The molecular formula is C14H20N4O3. The highest BCUT2D eigenvalue weighted by Gasteiger charge is 2.18. The summed E-state index contributed by atoms with van der Waals surface area (Å²) in [6.45, 7) is 1.36. The SMILES string of the molecule is COc1ccc(-c2cn(CCCN)nn2)c(OC)c1OC. The van der Waals surface area contributed by atoms with Crippen molar-refractivity contribution in [1.82, 2.24) is 15.0 Å². The number of aromatic nitrogens is 3. The van der Waals surface area contributed by atoms with Crippen molar-refractivity contribution >= 4 is 0 Å². The van der Waals surface area contributed by atoms with Gasteiger partial charge in [0.1, 0.15) is 5.69 Å². The number of methoxy groups -OCH3 is 3. The molecule has 0 atom stereocenters. The Hall–Kier alpha value is -2.28. The molecular weight excluding hydrogens is 272 g/mol. The molecule has 1 heterocycles. The van der Waals surface area contributed by atoms with E-state index in [1.807, 2.05) is 18.3 Å². The quantitative estimate of drug-likeness (QED) is 0.828. The van der Waals surface area contributed by atoms with E-state index in [0.29, 0.717) is 29.5 Å². The third-order valence-electron chi connectivity index (χ3n) is 3.11. The van der Waals surface area contributed by atoms with Crippen LogP contribution in [-0.4, -0.2) is 42.9 Å². The summed E-state index contributed by atoms with van der Waals surface area (Å²) in [5.74, 6) is 1.71. The van der Waals surface area contributed by atoms with E-state index in [-0.39, 0.29) is 0 Å². The minimum Gasteiger partial charge on any atom is -0.493 e. The van der Waals surface area contributed by atoms with Crippen molar-refractivity contribution in [1.29, 1.82) is 0 Å². The van der Waals surface area contributed by atoms with Crippen molar-refractivity contribution in [3.05, 3.63) is 18.3 Å². The first-order chi connectivity index (χ1) is 10.2. The summed E-state index contributed by atoms with van der Waals surface area (Å²) in [7, 11) is 4.74. The molecule has 0 amide bonds. The predicted molar refractivity (Wildman–Crippen MR) is 78.8 cm³/mol. The summed E-state index contributed by atoms with van der Waals surface area (Å²) in [6, 6.07) is 3.69. The molecule has 0 spiro atoms. The maximum absolute atomic E-state index is 5.50. The first kappa shape index (κ1) is 15.1. The second kappa shape index (κ2) is 6.94. The maximum atomic E-state index is 5.50. The molecule has 2 N–H and O–H groups in total. The fraction of sp³-hybridized carbons (Fsp3) is 0.429. The summed E-state index contributed by atoms with van der Waals surface area (Å²) < 4.78 is 17.9. The molecule has 0 bridgehead atoms. The zero-order valence-electron chi connectivity index (χ0n) is 12.5. The lowest BCUT2D eigenvalue weighted by Crippen LogP contribution is -2.06. The van der Waals surface area contributed by atoms with Crippen LogP contribution in [0.15, 0.2) is 18.3 Å². The second-order valence-electron chi connectivity index (χ2n) is 4.39. The molecule has 0 aliphatic rings. The highest BCUT2D eigenvalue weighted by molar-refractivity contribution is 5.73. The molecule has 0 saturated carbocycles. The van der Waals surface area contributed by atoms with Crippen LogP contribution in [0.1, 0.15) is 6.42 Å². The summed E-state index contributed by atoms with van der Waals surface area (Å²) >= 11 is 0. The third-order valence-corrected chi connectivity index (χ3v) is 3.11. The number of hydrogen-bond donors (Lipinski definition) is 1. The average Bonchev–Trinajstić information content (AvgIpc) is 2.99. The van der Waals surface area contributed by atoms with Crippen LogP contribution >= 0.6 is 0 Å². The first-order valence-electron chi connectivity index (χ1n) is 6.64. The maximum Gasteiger partial charge on any atom is 0.203 e. The van der Waals surface area contributed by atoms with E-state index in [4.69, 9.17) is 19.9 Å². The number of nitrogens with zero attached hydrogens (tertiary/aromatic N) is 3. The molecule has 114 valence electrons. The van der Waals surface area contributed by atoms with Crippen molar-refractivity contribution in [3.8, 4) is 28.5 Å². The molecule has 0 aliphatic carbocycles. The lowest BCUT2D eigenvalue weighted by Gasteiger charge is -2.14. The first-order valence-corrected chi connectivity index (χ1v) is 6.64. The van der Waals surface area contributed by atoms with Gasteiger partial charge >= 0.3 is 0 Å². The smallest absolute Gasteiger partial charge is 0.203 e. The standard InChI is InChI=1S/C14H20N4O3/c1-19-12-6-5-10(13(20-2)14(12)21-3)11-9-18(17-16-11)8-4-7-15/h5-6,9H,4,7-8,15H2,1-3H3. The van der Waals surface area contributed by atoms with Crippen LogP contribution in [0.4, 0.5) is 0 Å². The van der Waals surface area contributed by atoms with Crippen molar-refractivity contribution in [2.45, 2.75) is 13.0 Å². The Morgan fingerprint density at radius 2 is 1.86 bits per heavy atom. The van der Waals surface area contributed by atoms with Gasteiger partial charge in [-0.3, -0.25) is 4.68 Å². The van der Waals surface area contributed by atoms with Crippen LogP contribution in [0.5, 0.6) is 17.2 Å². The summed E-state index contributed by atoms with van der Waals surface area (Å²) in [5.41, 5.74) is 7.01. The van der Waals surface area contributed by atoms with E-state index in [9.17, 15) is 0 Å². The number of nitrogens with two attached hydrogens (primary N) is 1. The van der Waals surface area contributed by atoms with E-state index < -0.39 is 0 Å². The van der Waals surface area contributed by atoms with Gasteiger partial charge in [-0.2, -0.15) is 0 Å². The molecule has 0 aliphatic heterocycles.